The van der Waals surface area contributed by atoms with Crippen LogP contribution in [0.1, 0.15) is 23.0 Å². The zero-order valence-corrected chi connectivity index (χ0v) is 10.2. The molecule has 0 unspecified atom stereocenters. The molecule has 3 rings (SSSR count). The summed E-state index contributed by atoms with van der Waals surface area (Å²) in [4.78, 5) is 9.03. The quantitative estimate of drug-likeness (QED) is 0.806. The third kappa shape index (κ3) is 2.12. The van der Waals surface area contributed by atoms with Gasteiger partial charge in [-0.15, -0.1) is 0 Å². The van der Waals surface area contributed by atoms with E-state index >= 15 is 0 Å². The fraction of sp³-hybridized carbons (Fsp3) is 0.200. The molecule has 1 aromatic carbocycles. The van der Waals surface area contributed by atoms with Gasteiger partial charge in [-0.3, -0.25) is 0 Å². The number of hydrogen-bond donors (Lipinski definition) is 0. The second-order valence-corrected chi connectivity index (χ2v) is 4.34. The minimum atomic E-state index is 0.0866. The van der Waals surface area contributed by atoms with Gasteiger partial charge < -0.3 is 4.74 Å². The van der Waals surface area contributed by atoms with Gasteiger partial charge >= 0.3 is 0 Å². The smallest absolute Gasteiger partial charge is 0.236 e. The van der Waals surface area contributed by atoms with E-state index < -0.39 is 0 Å². The van der Waals surface area contributed by atoms with Crippen molar-refractivity contribution < 1.29 is 4.74 Å². The third-order valence-electron chi connectivity index (χ3n) is 2.94. The van der Waals surface area contributed by atoms with Crippen LogP contribution in [0.2, 0.25) is 0 Å². The Hall–Kier alpha value is -2.16. The highest BCUT2D eigenvalue weighted by Gasteiger charge is 2.22. The second-order valence-electron chi connectivity index (χ2n) is 4.34. The third-order valence-corrected chi connectivity index (χ3v) is 2.94. The molecule has 0 saturated heterocycles. The van der Waals surface area contributed by atoms with Crippen molar-refractivity contribution in [2.24, 2.45) is 4.99 Å². The monoisotopic (exact) mass is 238 g/mol. The molecule has 90 valence electrons. The number of aryl methyl sites for hydroxylation is 1. The zero-order chi connectivity index (χ0) is 12.4. The first-order valence-corrected chi connectivity index (χ1v) is 6.02. The van der Waals surface area contributed by atoms with Crippen molar-refractivity contribution in [2.75, 3.05) is 6.61 Å². The highest BCUT2D eigenvalue weighted by Crippen LogP contribution is 2.24. The normalized spacial score (nSPS) is 18.3. The van der Waals surface area contributed by atoms with E-state index in [9.17, 15) is 0 Å². The van der Waals surface area contributed by atoms with Crippen LogP contribution in [-0.4, -0.2) is 17.5 Å². The van der Waals surface area contributed by atoms with E-state index in [1.165, 1.54) is 5.56 Å². The van der Waals surface area contributed by atoms with Crippen LogP contribution < -0.4 is 0 Å². The molecule has 0 saturated carbocycles. The van der Waals surface area contributed by atoms with Crippen LogP contribution in [0.4, 0.5) is 0 Å². The van der Waals surface area contributed by atoms with Crippen molar-refractivity contribution >= 4 is 5.90 Å². The molecule has 1 aromatic heterocycles. The van der Waals surface area contributed by atoms with Crippen molar-refractivity contribution in [3.05, 3.63) is 65.5 Å². The van der Waals surface area contributed by atoms with Gasteiger partial charge in [0.05, 0.1) is 0 Å². The van der Waals surface area contributed by atoms with Gasteiger partial charge in [-0.1, -0.05) is 36.4 Å². The summed E-state index contributed by atoms with van der Waals surface area (Å²) in [6.45, 7) is 2.56. The van der Waals surface area contributed by atoms with E-state index in [1.807, 2.05) is 43.3 Å². The van der Waals surface area contributed by atoms with Gasteiger partial charge in [-0.2, -0.15) is 0 Å². The molecule has 1 aliphatic heterocycles. The Bertz CT molecular complexity index is 578. The van der Waals surface area contributed by atoms with Crippen LogP contribution in [0.3, 0.4) is 0 Å². The van der Waals surface area contributed by atoms with Gasteiger partial charge in [0.1, 0.15) is 18.3 Å². The lowest BCUT2D eigenvalue weighted by Gasteiger charge is -2.03. The van der Waals surface area contributed by atoms with E-state index in [2.05, 4.69) is 22.1 Å². The summed E-state index contributed by atoms with van der Waals surface area (Å²) >= 11 is 0. The first-order chi connectivity index (χ1) is 8.83. The number of aliphatic imine (C=N–C) groups is 1. The Labute approximate surface area is 106 Å². The van der Waals surface area contributed by atoms with Crippen LogP contribution in [0.25, 0.3) is 0 Å². The van der Waals surface area contributed by atoms with Crippen LogP contribution in [0.5, 0.6) is 0 Å². The minimum absolute atomic E-state index is 0.0866. The average Bonchev–Trinajstić information content (AvgIpc) is 2.89. The summed E-state index contributed by atoms with van der Waals surface area (Å²) in [6.07, 6.45) is 0. The highest BCUT2D eigenvalue weighted by atomic mass is 16.5. The number of nitrogens with zero attached hydrogens (tertiary/aromatic N) is 2. The highest BCUT2D eigenvalue weighted by molar-refractivity contribution is 5.93. The van der Waals surface area contributed by atoms with Crippen LogP contribution in [0.15, 0.2) is 53.5 Å². The van der Waals surface area contributed by atoms with Gasteiger partial charge in [-0.25, -0.2) is 9.98 Å². The average molecular weight is 238 g/mol. The zero-order valence-electron chi connectivity index (χ0n) is 10.2. The minimum Gasteiger partial charge on any atom is -0.474 e. The SMILES string of the molecule is Cc1cccc(C2=N[C@@H](c3ccccc3)CO2)n1. The maximum Gasteiger partial charge on any atom is 0.236 e. The lowest BCUT2D eigenvalue weighted by molar-refractivity contribution is 0.319. The van der Waals surface area contributed by atoms with Crippen molar-refractivity contribution in [3.63, 3.8) is 0 Å². The molecule has 0 N–H and O–H groups in total. The van der Waals surface area contributed by atoms with E-state index in [0.29, 0.717) is 12.5 Å². The molecule has 0 radical (unpaired) electrons. The van der Waals surface area contributed by atoms with Crippen molar-refractivity contribution in [2.45, 2.75) is 13.0 Å². The lowest BCUT2D eigenvalue weighted by Crippen LogP contribution is -2.04. The number of pyridine rings is 1. The molecule has 18 heavy (non-hydrogen) atoms. The van der Waals surface area contributed by atoms with Gasteiger partial charge in [-0.05, 0) is 24.6 Å². The second kappa shape index (κ2) is 4.61. The number of aromatic nitrogens is 1. The molecule has 3 nitrogen and oxygen atoms in total. The summed E-state index contributed by atoms with van der Waals surface area (Å²) in [5, 5.41) is 0. The molecule has 2 aromatic rings. The van der Waals surface area contributed by atoms with Crippen molar-refractivity contribution in [1.82, 2.24) is 4.98 Å². The molecule has 2 heterocycles. The fourth-order valence-electron chi connectivity index (χ4n) is 2.02. The largest absolute Gasteiger partial charge is 0.474 e. The predicted octanol–water partition coefficient (Wildman–Crippen LogP) is 2.91. The standard InChI is InChI=1S/C15H14N2O/c1-11-6-5-9-13(16-11)15-17-14(10-18-15)12-7-3-2-4-8-12/h2-9,14H,10H2,1H3/t14-/m1/s1. The number of ether oxygens (including phenoxy) is 1. The Morgan fingerprint density at radius 2 is 1.89 bits per heavy atom. The van der Waals surface area contributed by atoms with Gasteiger partial charge in [0, 0.05) is 5.69 Å². The number of benzene rings is 1. The maximum atomic E-state index is 5.65. The van der Waals surface area contributed by atoms with Crippen LogP contribution >= 0.6 is 0 Å². The lowest BCUT2D eigenvalue weighted by atomic mass is 10.1. The first kappa shape index (κ1) is 11.0. The topological polar surface area (TPSA) is 34.5 Å². The van der Waals surface area contributed by atoms with E-state index in [1.54, 1.807) is 0 Å². The Morgan fingerprint density at radius 3 is 2.67 bits per heavy atom. The fourth-order valence-corrected chi connectivity index (χ4v) is 2.02. The predicted molar refractivity (Wildman–Crippen MR) is 70.6 cm³/mol. The summed E-state index contributed by atoms with van der Waals surface area (Å²) < 4.78 is 5.65. The van der Waals surface area contributed by atoms with E-state index in [-0.39, 0.29) is 6.04 Å². The summed E-state index contributed by atoms with van der Waals surface area (Å²) in [5.41, 5.74) is 2.97. The molecular weight excluding hydrogens is 224 g/mol. The summed E-state index contributed by atoms with van der Waals surface area (Å²) in [6, 6.07) is 16.2. The molecule has 0 spiro atoms. The number of rotatable bonds is 2. The van der Waals surface area contributed by atoms with Crippen molar-refractivity contribution in [1.29, 1.82) is 0 Å². The molecule has 3 heteroatoms. The molecule has 1 atom stereocenters. The van der Waals surface area contributed by atoms with Gasteiger partial charge in [0.15, 0.2) is 0 Å². The van der Waals surface area contributed by atoms with Crippen LogP contribution in [-0.2, 0) is 4.74 Å². The maximum absolute atomic E-state index is 5.65. The van der Waals surface area contributed by atoms with Gasteiger partial charge in [0.2, 0.25) is 5.90 Å². The van der Waals surface area contributed by atoms with Crippen LogP contribution in [0, 0.1) is 6.92 Å². The molecule has 1 aliphatic rings. The Balaban J connectivity index is 1.88. The molecule has 0 aliphatic carbocycles. The summed E-state index contributed by atoms with van der Waals surface area (Å²) in [5.74, 6) is 0.646. The van der Waals surface area contributed by atoms with E-state index in [0.717, 1.165) is 11.4 Å². The molecule has 0 fully saturated rings. The molecule has 0 amide bonds. The van der Waals surface area contributed by atoms with E-state index in [4.69, 9.17) is 4.74 Å². The Kier molecular flexibility index (Phi) is 2.81. The van der Waals surface area contributed by atoms with Crippen molar-refractivity contribution in [3.8, 4) is 0 Å². The summed E-state index contributed by atoms with van der Waals surface area (Å²) in [7, 11) is 0. The Morgan fingerprint density at radius 1 is 1.06 bits per heavy atom. The molecular formula is C15H14N2O. The van der Waals surface area contributed by atoms with Gasteiger partial charge in [0.25, 0.3) is 0 Å². The number of hydrogen-bond acceptors (Lipinski definition) is 3. The first-order valence-electron chi connectivity index (χ1n) is 6.02. The molecule has 0 bridgehead atoms.